The van der Waals surface area contributed by atoms with Gasteiger partial charge in [0.1, 0.15) is 5.76 Å². The first kappa shape index (κ1) is 27.7. The largest absolute Gasteiger partial charge is 0.455 e. The summed E-state index contributed by atoms with van der Waals surface area (Å²) in [4.78, 5) is 19.0. The summed E-state index contributed by atoms with van der Waals surface area (Å²) in [5.74, 6) is 2.15. The van der Waals surface area contributed by atoms with Gasteiger partial charge in [-0.05, 0) is 53.6 Å². The van der Waals surface area contributed by atoms with Gasteiger partial charge in [0.2, 0.25) is 6.79 Å². The molecule has 0 unspecified atom stereocenters. The Kier molecular flexibility index (Phi) is 7.80. The van der Waals surface area contributed by atoms with Crippen molar-refractivity contribution in [1.29, 1.82) is 0 Å². The maximum Gasteiger partial charge on any atom is 0.416 e. The highest BCUT2D eigenvalue weighted by molar-refractivity contribution is 5.91. The van der Waals surface area contributed by atoms with E-state index in [-0.39, 0.29) is 18.5 Å². The number of alkyl halides is 3. The SMILES string of the molecule is O=C(c1ccc(CN(Cc2ccccc2)Cc2ccc3c(c2)OCO3)o1)N1CCN(c2cccc(C(F)(F)F)c2)CC1. The maximum atomic E-state index is 13.2. The van der Waals surface area contributed by atoms with Crippen LogP contribution in [0.5, 0.6) is 11.5 Å². The van der Waals surface area contributed by atoms with Gasteiger partial charge in [-0.15, -0.1) is 0 Å². The Morgan fingerprint density at radius 2 is 1.52 bits per heavy atom. The second-order valence-corrected chi connectivity index (χ2v) is 10.4. The monoisotopic (exact) mass is 577 g/mol. The van der Waals surface area contributed by atoms with Crippen LogP contribution in [-0.4, -0.2) is 48.7 Å². The first-order chi connectivity index (χ1) is 20.3. The normalized spacial score (nSPS) is 15.0. The number of benzene rings is 3. The Morgan fingerprint density at radius 3 is 2.31 bits per heavy atom. The highest BCUT2D eigenvalue weighted by atomic mass is 19.4. The lowest BCUT2D eigenvalue weighted by atomic mass is 10.1. The van der Waals surface area contributed by atoms with Gasteiger partial charge in [0.15, 0.2) is 17.3 Å². The third kappa shape index (κ3) is 6.38. The summed E-state index contributed by atoms with van der Waals surface area (Å²) in [5, 5.41) is 0. The van der Waals surface area contributed by atoms with Crippen LogP contribution in [0.25, 0.3) is 0 Å². The predicted octanol–water partition coefficient (Wildman–Crippen LogP) is 6.19. The number of hydrogen-bond acceptors (Lipinski definition) is 6. The number of fused-ring (bicyclic) bond motifs is 1. The van der Waals surface area contributed by atoms with E-state index in [4.69, 9.17) is 13.9 Å². The molecule has 6 rings (SSSR count). The molecule has 0 radical (unpaired) electrons. The van der Waals surface area contributed by atoms with Crippen molar-refractivity contribution in [1.82, 2.24) is 9.80 Å². The molecule has 0 spiro atoms. The van der Waals surface area contributed by atoms with Crippen LogP contribution < -0.4 is 14.4 Å². The van der Waals surface area contributed by atoms with Crippen molar-refractivity contribution in [3.63, 3.8) is 0 Å². The molecule has 2 aliphatic heterocycles. The van der Waals surface area contributed by atoms with Gasteiger partial charge in [-0.25, -0.2) is 0 Å². The van der Waals surface area contributed by atoms with Crippen molar-refractivity contribution in [2.24, 2.45) is 0 Å². The summed E-state index contributed by atoms with van der Waals surface area (Å²) >= 11 is 0. The van der Waals surface area contributed by atoms with Crippen molar-refractivity contribution in [2.75, 3.05) is 37.9 Å². The van der Waals surface area contributed by atoms with E-state index < -0.39 is 11.7 Å². The number of amides is 1. The van der Waals surface area contributed by atoms with Gasteiger partial charge < -0.3 is 23.7 Å². The molecule has 1 amide bonds. The summed E-state index contributed by atoms with van der Waals surface area (Å²) in [6, 6.07) is 24.9. The Morgan fingerprint density at radius 1 is 0.762 bits per heavy atom. The average Bonchev–Trinajstić information content (AvgIpc) is 3.66. The molecule has 3 aromatic carbocycles. The molecule has 1 aromatic heterocycles. The van der Waals surface area contributed by atoms with Crippen LogP contribution in [0.15, 0.2) is 89.3 Å². The van der Waals surface area contributed by atoms with Crippen molar-refractivity contribution in [3.05, 3.63) is 113 Å². The number of nitrogens with zero attached hydrogens (tertiary/aromatic N) is 3. The fourth-order valence-electron chi connectivity index (χ4n) is 5.31. The third-order valence-corrected chi connectivity index (χ3v) is 7.45. The Labute approximate surface area is 241 Å². The molecule has 1 saturated heterocycles. The van der Waals surface area contributed by atoms with Gasteiger partial charge in [0.25, 0.3) is 5.91 Å². The zero-order valence-corrected chi connectivity index (χ0v) is 22.8. The van der Waals surface area contributed by atoms with Crippen LogP contribution in [0, 0.1) is 0 Å². The van der Waals surface area contributed by atoms with Crippen LogP contribution in [0.2, 0.25) is 0 Å². The van der Waals surface area contributed by atoms with E-state index in [0.29, 0.717) is 57.3 Å². The van der Waals surface area contributed by atoms with Crippen LogP contribution in [0.4, 0.5) is 18.9 Å². The summed E-state index contributed by atoms with van der Waals surface area (Å²) in [5.41, 5.74) is 2.04. The minimum atomic E-state index is -4.40. The number of carbonyl (C=O) groups is 1. The van der Waals surface area contributed by atoms with Crippen LogP contribution in [0.1, 0.15) is 33.0 Å². The van der Waals surface area contributed by atoms with E-state index in [9.17, 15) is 18.0 Å². The molecule has 218 valence electrons. The number of piperazine rings is 1. The van der Waals surface area contributed by atoms with Gasteiger partial charge in [-0.2, -0.15) is 13.2 Å². The number of halogens is 3. The molecule has 10 heteroatoms. The van der Waals surface area contributed by atoms with E-state index in [1.54, 1.807) is 17.0 Å². The molecule has 0 atom stereocenters. The summed E-state index contributed by atoms with van der Waals surface area (Å²) < 4.78 is 56.4. The second kappa shape index (κ2) is 11.8. The zero-order chi connectivity index (χ0) is 29.1. The van der Waals surface area contributed by atoms with Crippen molar-refractivity contribution in [2.45, 2.75) is 25.8 Å². The molecule has 2 aliphatic rings. The first-order valence-electron chi connectivity index (χ1n) is 13.8. The summed E-state index contributed by atoms with van der Waals surface area (Å²) in [7, 11) is 0. The standard InChI is InChI=1S/C32H30F3N3O4/c33-32(34,35)25-7-4-8-26(18-25)37-13-15-38(16-14-37)31(39)29-12-10-27(42-29)21-36(19-23-5-2-1-3-6-23)20-24-9-11-28-30(17-24)41-22-40-28/h1-12,17-18H,13-16,19-22H2. The number of rotatable bonds is 8. The minimum Gasteiger partial charge on any atom is -0.455 e. The fraction of sp³-hybridized carbons (Fsp3) is 0.281. The molecule has 42 heavy (non-hydrogen) atoms. The lowest BCUT2D eigenvalue weighted by Gasteiger charge is -2.36. The molecular weight excluding hydrogens is 547 g/mol. The van der Waals surface area contributed by atoms with Gasteiger partial charge in [0, 0.05) is 45.0 Å². The number of carbonyl (C=O) groups excluding carboxylic acids is 1. The molecule has 1 fully saturated rings. The van der Waals surface area contributed by atoms with Crippen LogP contribution in [-0.2, 0) is 25.8 Å². The highest BCUT2D eigenvalue weighted by Gasteiger charge is 2.31. The molecule has 0 bridgehead atoms. The molecule has 0 N–H and O–H groups in total. The smallest absolute Gasteiger partial charge is 0.416 e. The van der Waals surface area contributed by atoms with Gasteiger partial charge in [-0.1, -0.05) is 42.5 Å². The molecule has 0 saturated carbocycles. The maximum absolute atomic E-state index is 13.2. The van der Waals surface area contributed by atoms with E-state index in [1.165, 1.54) is 6.07 Å². The van der Waals surface area contributed by atoms with Crippen LogP contribution >= 0.6 is 0 Å². The fourth-order valence-corrected chi connectivity index (χ4v) is 5.31. The topological polar surface area (TPSA) is 58.4 Å². The lowest BCUT2D eigenvalue weighted by molar-refractivity contribution is -0.137. The van der Waals surface area contributed by atoms with E-state index >= 15 is 0 Å². The first-order valence-corrected chi connectivity index (χ1v) is 13.8. The second-order valence-electron chi connectivity index (χ2n) is 10.4. The summed E-state index contributed by atoms with van der Waals surface area (Å²) in [6.07, 6.45) is -4.40. The highest BCUT2D eigenvalue weighted by Crippen LogP contribution is 2.34. The number of furan rings is 1. The molecule has 7 nitrogen and oxygen atoms in total. The molecule has 4 aromatic rings. The Bertz CT molecular complexity index is 1530. The van der Waals surface area contributed by atoms with Gasteiger partial charge >= 0.3 is 6.18 Å². The van der Waals surface area contributed by atoms with Gasteiger partial charge in [0.05, 0.1) is 12.1 Å². The predicted molar refractivity (Wildman–Crippen MR) is 150 cm³/mol. The van der Waals surface area contributed by atoms with E-state index in [1.807, 2.05) is 47.4 Å². The van der Waals surface area contributed by atoms with Crippen molar-refractivity contribution >= 4 is 11.6 Å². The van der Waals surface area contributed by atoms with Crippen molar-refractivity contribution in [3.8, 4) is 11.5 Å². The number of hydrogen-bond donors (Lipinski definition) is 0. The zero-order valence-electron chi connectivity index (χ0n) is 22.8. The minimum absolute atomic E-state index is 0.218. The van der Waals surface area contributed by atoms with Gasteiger partial charge in [-0.3, -0.25) is 9.69 Å². The van der Waals surface area contributed by atoms with E-state index in [2.05, 4.69) is 17.0 Å². The van der Waals surface area contributed by atoms with E-state index in [0.717, 1.165) is 34.8 Å². The molecule has 0 aliphatic carbocycles. The van der Waals surface area contributed by atoms with Crippen molar-refractivity contribution < 1.29 is 31.9 Å². The Balaban J connectivity index is 1.10. The number of anilines is 1. The Hall–Kier alpha value is -4.44. The third-order valence-electron chi connectivity index (χ3n) is 7.45. The van der Waals surface area contributed by atoms with Crippen LogP contribution in [0.3, 0.4) is 0 Å². The lowest BCUT2D eigenvalue weighted by Crippen LogP contribution is -2.48. The molecule has 3 heterocycles. The quantitative estimate of drug-likeness (QED) is 0.249. The average molecular weight is 578 g/mol. The summed E-state index contributed by atoms with van der Waals surface area (Å²) in [6.45, 7) is 3.65. The number of ether oxygens (including phenoxy) is 2. The molecular formula is C32H30F3N3O4.